The maximum absolute atomic E-state index is 11.8. The van der Waals surface area contributed by atoms with Crippen molar-refractivity contribution in [2.45, 2.75) is 40.2 Å². The number of aliphatic carboxylic acids is 1. The molecule has 0 aliphatic heterocycles. The first kappa shape index (κ1) is 14.2. The third-order valence-corrected chi connectivity index (χ3v) is 2.87. The highest BCUT2D eigenvalue weighted by Crippen LogP contribution is 2.10. The zero-order valence-electron chi connectivity index (χ0n) is 11.1. The van der Waals surface area contributed by atoms with Crippen molar-refractivity contribution in [2.24, 2.45) is 5.92 Å². The van der Waals surface area contributed by atoms with Gasteiger partial charge in [-0.05, 0) is 19.8 Å². The number of nitrogens with one attached hydrogen (secondary N) is 2. The Bertz CT molecular complexity index is 432. The predicted octanol–water partition coefficient (Wildman–Crippen LogP) is 0.794. The third-order valence-electron chi connectivity index (χ3n) is 2.87. The number of hydrogen-bond donors (Lipinski definition) is 3. The molecular weight excluding hydrogens is 234 g/mol. The monoisotopic (exact) mass is 253 g/mol. The van der Waals surface area contributed by atoms with Crippen molar-refractivity contribution in [3.63, 3.8) is 0 Å². The third kappa shape index (κ3) is 3.32. The van der Waals surface area contributed by atoms with E-state index in [0.29, 0.717) is 0 Å². The van der Waals surface area contributed by atoms with Gasteiger partial charge in [-0.3, -0.25) is 9.89 Å². The van der Waals surface area contributed by atoms with Gasteiger partial charge in [0.05, 0.1) is 12.1 Å². The van der Waals surface area contributed by atoms with Gasteiger partial charge in [0.1, 0.15) is 6.04 Å². The molecule has 0 saturated heterocycles. The molecule has 0 aromatic carbocycles. The molecule has 1 atom stereocenters. The van der Waals surface area contributed by atoms with Gasteiger partial charge in [0.25, 0.3) is 0 Å². The fourth-order valence-electron chi connectivity index (χ4n) is 1.73. The molecule has 1 unspecified atom stereocenters. The minimum atomic E-state index is -1.01. The van der Waals surface area contributed by atoms with Gasteiger partial charge in [-0.2, -0.15) is 5.10 Å². The van der Waals surface area contributed by atoms with Gasteiger partial charge < -0.3 is 10.4 Å². The molecule has 0 spiro atoms. The summed E-state index contributed by atoms with van der Waals surface area (Å²) < 4.78 is 0. The van der Waals surface area contributed by atoms with Crippen molar-refractivity contribution in [1.29, 1.82) is 0 Å². The summed E-state index contributed by atoms with van der Waals surface area (Å²) in [6.07, 6.45) is 0.144. The van der Waals surface area contributed by atoms with E-state index in [2.05, 4.69) is 15.5 Å². The molecular formula is C12H19N3O3. The minimum absolute atomic E-state index is 0.144. The van der Waals surface area contributed by atoms with Crippen LogP contribution in [0.25, 0.3) is 0 Å². The Hall–Kier alpha value is -1.85. The molecule has 1 aromatic heterocycles. The summed E-state index contributed by atoms with van der Waals surface area (Å²) >= 11 is 0. The van der Waals surface area contributed by atoms with Gasteiger partial charge in [-0.15, -0.1) is 0 Å². The van der Waals surface area contributed by atoms with Crippen molar-refractivity contribution in [3.05, 3.63) is 17.0 Å². The van der Waals surface area contributed by atoms with Gasteiger partial charge in [0, 0.05) is 11.3 Å². The van der Waals surface area contributed by atoms with E-state index in [0.717, 1.165) is 17.0 Å². The van der Waals surface area contributed by atoms with Crippen molar-refractivity contribution in [3.8, 4) is 0 Å². The summed E-state index contributed by atoms with van der Waals surface area (Å²) in [5, 5.41) is 18.3. The standard InChI is InChI=1S/C12H19N3O3/c1-6(2)11(12(17)18)13-10(16)5-9-7(3)14-15-8(9)4/h6,11H,5H2,1-4H3,(H,13,16)(H,14,15)(H,17,18). The lowest BCUT2D eigenvalue weighted by atomic mass is 10.0. The van der Waals surface area contributed by atoms with Gasteiger partial charge in [0.2, 0.25) is 5.91 Å². The summed E-state index contributed by atoms with van der Waals surface area (Å²) in [5.41, 5.74) is 2.42. The molecule has 0 aliphatic rings. The van der Waals surface area contributed by atoms with E-state index >= 15 is 0 Å². The second-order valence-electron chi connectivity index (χ2n) is 4.72. The molecule has 0 fully saturated rings. The van der Waals surface area contributed by atoms with Gasteiger partial charge in [0.15, 0.2) is 0 Å². The number of aryl methyl sites for hydroxylation is 2. The van der Waals surface area contributed by atoms with E-state index in [4.69, 9.17) is 5.11 Å². The molecule has 18 heavy (non-hydrogen) atoms. The Labute approximate surface area is 106 Å². The number of carbonyl (C=O) groups excluding carboxylic acids is 1. The number of aromatic amines is 1. The van der Waals surface area contributed by atoms with Crippen molar-refractivity contribution < 1.29 is 14.7 Å². The van der Waals surface area contributed by atoms with E-state index < -0.39 is 12.0 Å². The highest BCUT2D eigenvalue weighted by atomic mass is 16.4. The number of carbonyl (C=O) groups is 2. The Morgan fingerprint density at radius 2 is 2.00 bits per heavy atom. The molecule has 1 rings (SSSR count). The Morgan fingerprint density at radius 3 is 2.39 bits per heavy atom. The number of aromatic nitrogens is 2. The fraction of sp³-hybridized carbons (Fsp3) is 0.583. The normalized spacial score (nSPS) is 12.5. The minimum Gasteiger partial charge on any atom is -0.480 e. The summed E-state index contributed by atoms with van der Waals surface area (Å²) in [4.78, 5) is 22.8. The SMILES string of the molecule is Cc1n[nH]c(C)c1CC(=O)NC(C(=O)O)C(C)C. The first-order chi connectivity index (χ1) is 8.32. The summed E-state index contributed by atoms with van der Waals surface area (Å²) in [6, 6.07) is -0.856. The number of rotatable bonds is 5. The maximum Gasteiger partial charge on any atom is 0.326 e. The number of carboxylic acids is 1. The van der Waals surface area contributed by atoms with Crippen LogP contribution in [0.4, 0.5) is 0 Å². The highest BCUT2D eigenvalue weighted by molar-refractivity contribution is 5.85. The van der Waals surface area contributed by atoms with E-state index in [1.54, 1.807) is 13.8 Å². The average molecular weight is 253 g/mol. The van der Waals surface area contributed by atoms with Crippen molar-refractivity contribution in [2.75, 3.05) is 0 Å². The van der Waals surface area contributed by atoms with Crippen LogP contribution in [0.1, 0.15) is 30.8 Å². The van der Waals surface area contributed by atoms with E-state index in [1.165, 1.54) is 0 Å². The molecule has 1 heterocycles. The average Bonchev–Trinajstić information content (AvgIpc) is 2.56. The van der Waals surface area contributed by atoms with Gasteiger partial charge >= 0.3 is 5.97 Å². The van der Waals surface area contributed by atoms with Crippen molar-refractivity contribution in [1.82, 2.24) is 15.5 Å². The zero-order chi connectivity index (χ0) is 13.9. The number of carboxylic acid groups (broad SMARTS) is 1. The Kier molecular flexibility index (Phi) is 4.47. The fourth-order valence-corrected chi connectivity index (χ4v) is 1.73. The maximum atomic E-state index is 11.8. The molecule has 3 N–H and O–H groups in total. The predicted molar refractivity (Wildman–Crippen MR) is 66.2 cm³/mol. The van der Waals surface area contributed by atoms with Crippen LogP contribution in [0.5, 0.6) is 0 Å². The number of nitrogens with zero attached hydrogens (tertiary/aromatic N) is 1. The molecule has 6 heteroatoms. The highest BCUT2D eigenvalue weighted by Gasteiger charge is 2.24. The molecule has 0 saturated carbocycles. The second-order valence-corrected chi connectivity index (χ2v) is 4.72. The summed E-state index contributed by atoms with van der Waals surface area (Å²) in [6.45, 7) is 7.16. The van der Waals surface area contributed by atoms with E-state index in [1.807, 2.05) is 13.8 Å². The van der Waals surface area contributed by atoms with E-state index in [9.17, 15) is 9.59 Å². The van der Waals surface area contributed by atoms with Crippen LogP contribution in [0.15, 0.2) is 0 Å². The molecule has 0 aliphatic carbocycles. The molecule has 100 valence electrons. The van der Waals surface area contributed by atoms with Gasteiger partial charge in [-0.1, -0.05) is 13.8 Å². The van der Waals surface area contributed by atoms with Crippen LogP contribution in [-0.2, 0) is 16.0 Å². The van der Waals surface area contributed by atoms with Crippen LogP contribution in [0, 0.1) is 19.8 Å². The molecule has 6 nitrogen and oxygen atoms in total. The Balaban J connectivity index is 2.69. The number of H-pyrrole nitrogens is 1. The van der Waals surface area contributed by atoms with Crippen LogP contribution in [0.2, 0.25) is 0 Å². The first-order valence-electron chi connectivity index (χ1n) is 5.85. The van der Waals surface area contributed by atoms with Gasteiger partial charge in [-0.25, -0.2) is 4.79 Å². The number of amides is 1. The van der Waals surface area contributed by atoms with Crippen LogP contribution >= 0.6 is 0 Å². The molecule has 0 bridgehead atoms. The largest absolute Gasteiger partial charge is 0.480 e. The molecule has 0 radical (unpaired) electrons. The lowest BCUT2D eigenvalue weighted by Gasteiger charge is -2.17. The number of hydrogen-bond acceptors (Lipinski definition) is 3. The van der Waals surface area contributed by atoms with Crippen LogP contribution < -0.4 is 5.32 Å². The second kappa shape index (κ2) is 5.66. The smallest absolute Gasteiger partial charge is 0.326 e. The van der Waals surface area contributed by atoms with Crippen LogP contribution in [0.3, 0.4) is 0 Å². The molecule has 1 aromatic rings. The topological polar surface area (TPSA) is 95.1 Å². The molecule has 1 amide bonds. The lowest BCUT2D eigenvalue weighted by Crippen LogP contribution is -2.45. The van der Waals surface area contributed by atoms with E-state index in [-0.39, 0.29) is 18.2 Å². The quantitative estimate of drug-likeness (QED) is 0.723. The zero-order valence-corrected chi connectivity index (χ0v) is 11.1. The lowest BCUT2D eigenvalue weighted by molar-refractivity contribution is -0.143. The Morgan fingerprint density at radius 1 is 1.39 bits per heavy atom. The summed E-state index contributed by atoms with van der Waals surface area (Å²) in [5.74, 6) is -1.47. The first-order valence-corrected chi connectivity index (χ1v) is 5.85. The van der Waals surface area contributed by atoms with Crippen molar-refractivity contribution >= 4 is 11.9 Å². The summed E-state index contributed by atoms with van der Waals surface area (Å²) in [7, 11) is 0. The van der Waals surface area contributed by atoms with Crippen LogP contribution in [-0.4, -0.2) is 33.2 Å².